The lowest BCUT2D eigenvalue weighted by molar-refractivity contribution is 0.0194. The lowest BCUT2D eigenvalue weighted by Gasteiger charge is -2.34. The Morgan fingerprint density at radius 1 is 1.12 bits per heavy atom. The van der Waals surface area contributed by atoms with Crippen molar-refractivity contribution in [1.29, 1.82) is 0 Å². The smallest absolute Gasteiger partial charge is 0.283 e. The summed E-state index contributed by atoms with van der Waals surface area (Å²) in [5, 5.41) is 13.1. The predicted octanol–water partition coefficient (Wildman–Crippen LogP) is 4.62. The topological polar surface area (TPSA) is 71.8 Å². The highest BCUT2D eigenvalue weighted by Gasteiger charge is 2.24. The van der Waals surface area contributed by atoms with E-state index in [2.05, 4.69) is 27.7 Å². The second-order valence-corrected chi connectivity index (χ2v) is 10.8. The number of hydrogen-bond donors (Lipinski definition) is 1. The second kappa shape index (κ2) is 8.74. The molecular weight excluding hydrogens is 466 g/mol. The molecule has 34 heavy (non-hydrogen) atoms. The van der Waals surface area contributed by atoms with Gasteiger partial charge in [-0.3, -0.25) is 9.69 Å². The van der Waals surface area contributed by atoms with Crippen LogP contribution in [0.2, 0.25) is 0 Å². The average molecular weight is 492 g/mol. The normalized spacial score (nSPS) is 15.9. The second-order valence-electron chi connectivity index (χ2n) is 8.57. The summed E-state index contributed by atoms with van der Waals surface area (Å²) in [6, 6.07) is 12.5. The van der Waals surface area contributed by atoms with Gasteiger partial charge in [-0.25, -0.2) is 4.98 Å². The van der Waals surface area contributed by atoms with E-state index in [-0.39, 0.29) is 11.6 Å². The Morgan fingerprint density at radius 2 is 1.91 bits per heavy atom. The first-order chi connectivity index (χ1) is 16.6. The van der Waals surface area contributed by atoms with Gasteiger partial charge in [-0.2, -0.15) is 4.52 Å². The van der Waals surface area contributed by atoms with Crippen molar-refractivity contribution >= 4 is 55.1 Å². The maximum Gasteiger partial charge on any atom is 0.283 e. The Hall–Kier alpha value is -2.85. The van der Waals surface area contributed by atoms with Crippen molar-refractivity contribution in [3.63, 3.8) is 0 Å². The van der Waals surface area contributed by atoms with E-state index < -0.39 is 0 Å². The van der Waals surface area contributed by atoms with E-state index in [9.17, 15) is 4.79 Å². The zero-order chi connectivity index (χ0) is 23.2. The zero-order valence-electron chi connectivity index (χ0n) is 19.1. The molecule has 1 aliphatic heterocycles. The van der Waals surface area contributed by atoms with Crippen LogP contribution in [0.1, 0.15) is 21.4 Å². The van der Waals surface area contributed by atoms with Crippen molar-refractivity contribution in [2.75, 3.05) is 38.2 Å². The molecule has 0 aliphatic carbocycles. The summed E-state index contributed by atoms with van der Waals surface area (Å²) >= 11 is 3.33. The van der Waals surface area contributed by atoms with Crippen molar-refractivity contribution in [2.24, 2.45) is 0 Å². The number of ether oxygens (including phenoxy) is 1. The molecule has 0 amide bonds. The summed E-state index contributed by atoms with van der Waals surface area (Å²) in [4.78, 5) is 24.0. The van der Waals surface area contributed by atoms with Crippen LogP contribution in [0, 0.1) is 13.8 Å². The number of fused-ring (bicyclic) bond motifs is 4. The summed E-state index contributed by atoms with van der Waals surface area (Å²) in [5.41, 5.74) is 1.47. The number of anilines is 1. The molecule has 1 atom stereocenters. The molecule has 7 nitrogen and oxygen atoms in total. The van der Waals surface area contributed by atoms with E-state index in [1.54, 1.807) is 22.7 Å². The fourth-order valence-electron chi connectivity index (χ4n) is 4.69. The molecule has 9 heteroatoms. The van der Waals surface area contributed by atoms with E-state index in [0.29, 0.717) is 23.4 Å². The quantitative estimate of drug-likeness (QED) is 0.362. The summed E-state index contributed by atoms with van der Waals surface area (Å²) in [7, 11) is 0. The molecule has 0 saturated carbocycles. The molecule has 6 rings (SSSR count). The molecule has 5 aromatic rings. The van der Waals surface area contributed by atoms with Gasteiger partial charge >= 0.3 is 0 Å². The summed E-state index contributed by atoms with van der Waals surface area (Å²) < 4.78 is 7.05. The first kappa shape index (κ1) is 21.7. The van der Waals surface area contributed by atoms with E-state index in [1.165, 1.54) is 9.39 Å². The molecule has 1 aromatic carbocycles. The van der Waals surface area contributed by atoms with Crippen LogP contribution in [0.25, 0.3) is 26.6 Å². The highest BCUT2D eigenvalue weighted by molar-refractivity contribution is 7.18. The van der Waals surface area contributed by atoms with Crippen molar-refractivity contribution in [3.05, 3.63) is 67.4 Å². The molecule has 4 aromatic heterocycles. The zero-order valence-corrected chi connectivity index (χ0v) is 20.7. The summed E-state index contributed by atoms with van der Waals surface area (Å²) in [6.07, 6.45) is 0. The van der Waals surface area contributed by atoms with Crippen LogP contribution in [0.15, 0.2) is 46.6 Å². The third kappa shape index (κ3) is 3.60. The molecule has 1 fully saturated rings. The molecule has 1 saturated heterocycles. The number of benzene rings is 1. The number of aryl methyl sites for hydroxylation is 2. The van der Waals surface area contributed by atoms with Gasteiger partial charge in [-0.1, -0.05) is 30.3 Å². The molecule has 0 radical (unpaired) electrons. The van der Waals surface area contributed by atoms with Crippen molar-refractivity contribution in [3.8, 4) is 0 Å². The number of aromatic nitrogens is 3. The number of nitrogens with zero attached hydrogens (tertiary/aromatic N) is 4. The SMILES string of the molecule is Cc1sc2nc3c4ccccc4c(NC[C@H](c4cccs4)N4CCOCC4)nn3c(=O)c2c1C. The average Bonchev–Trinajstić information content (AvgIpc) is 3.49. The highest BCUT2D eigenvalue weighted by Crippen LogP contribution is 2.31. The molecule has 174 valence electrons. The molecule has 0 bridgehead atoms. The van der Waals surface area contributed by atoms with Crippen LogP contribution in [0.5, 0.6) is 0 Å². The fourth-order valence-corrected chi connectivity index (χ4v) is 6.58. The standard InChI is InChI=1S/C25H25N5O2S2/c1-15-16(2)34-24-21(15)25(31)30-23(27-24)18-7-4-3-6-17(18)22(28-30)26-14-19(20-8-5-13-33-20)29-9-11-32-12-10-29/h3-8,13,19H,9-12,14H2,1-2H3,(H,26,28)/t19-/m1/s1. The fraction of sp³-hybridized carbons (Fsp3) is 0.320. The molecule has 0 unspecified atom stereocenters. The van der Waals surface area contributed by atoms with Crippen LogP contribution in [-0.2, 0) is 4.74 Å². The van der Waals surface area contributed by atoms with Gasteiger partial charge in [0.15, 0.2) is 11.5 Å². The molecule has 5 heterocycles. The lowest BCUT2D eigenvalue weighted by atomic mass is 10.1. The van der Waals surface area contributed by atoms with Gasteiger partial charge in [-0.15, -0.1) is 27.8 Å². The third-order valence-corrected chi connectivity index (χ3v) is 8.70. The van der Waals surface area contributed by atoms with Crippen LogP contribution in [0.4, 0.5) is 5.82 Å². The first-order valence-corrected chi connectivity index (χ1v) is 13.1. The Kier molecular flexibility index (Phi) is 5.57. The van der Waals surface area contributed by atoms with Crippen LogP contribution in [-0.4, -0.2) is 52.3 Å². The lowest BCUT2D eigenvalue weighted by Crippen LogP contribution is -2.41. The van der Waals surface area contributed by atoms with Crippen molar-refractivity contribution < 1.29 is 4.74 Å². The number of rotatable bonds is 5. The largest absolute Gasteiger partial charge is 0.379 e. The Morgan fingerprint density at radius 3 is 2.68 bits per heavy atom. The van der Waals surface area contributed by atoms with Gasteiger partial charge in [0.1, 0.15) is 4.83 Å². The van der Waals surface area contributed by atoms with E-state index >= 15 is 0 Å². The number of thiophene rings is 2. The molecular formula is C25H25N5O2S2. The van der Waals surface area contributed by atoms with Crippen molar-refractivity contribution in [2.45, 2.75) is 19.9 Å². The van der Waals surface area contributed by atoms with E-state index in [4.69, 9.17) is 14.8 Å². The van der Waals surface area contributed by atoms with Gasteiger partial charge < -0.3 is 10.1 Å². The van der Waals surface area contributed by atoms with Gasteiger partial charge in [0.05, 0.1) is 24.6 Å². The Labute approximate surface area is 204 Å². The highest BCUT2D eigenvalue weighted by atomic mass is 32.1. The third-order valence-electron chi connectivity index (χ3n) is 6.63. The number of hydrogen-bond acceptors (Lipinski definition) is 8. The van der Waals surface area contributed by atoms with Gasteiger partial charge in [-0.05, 0) is 30.9 Å². The van der Waals surface area contributed by atoms with E-state index in [0.717, 1.165) is 52.3 Å². The minimum Gasteiger partial charge on any atom is -0.379 e. The maximum atomic E-state index is 13.5. The van der Waals surface area contributed by atoms with Gasteiger partial charge in [0.2, 0.25) is 0 Å². The maximum absolute atomic E-state index is 13.5. The van der Waals surface area contributed by atoms with Crippen LogP contribution < -0.4 is 10.9 Å². The molecule has 0 spiro atoms. The van der Waals surface area contributed by atoms with Crippen LogP contribution >= 0.6 is 22.7 Å². The number of morpholine rings is 1. The minimum atomic E-state index is -0.112. The molecule has 1 aliphatic rings. The summed E-state index contributed by atoms with van der Waals surface area (Å²) in [5.74, 6) is 0.700. The van der Waals surface area contributed by atoms with Crippen LogP contribution in [0.3, 0.4) is 0 Å². The Bertz CT molecular complexity index is 1550. The van der Waals surface area contributed by atoms with Gasteiger partial charge in [0, 0.05) is 40.2 Å². The predicted molar refractivity (Wildman–Crippen MR) is 140 cm³/mol. The number of nitrogens with one attached hydrogen (secondary N) is 1. The summed E-state index contributed by atoms with van der Waals surface area (Å²) in [6.45, 7) is 7.99. The van der Waals surface area contributed by atoms with Crippen molar-refractivity contribution in [1.82, 2.24) is 19.5 Å². The monoisotopic (exact) mass is 491 g/mol. The molecule has 1 N–H and O–H groups in total. The van der Waals surface area contributed by atoms with E-state index in [1.807, 2.05) is 38.1 Å². The minimum absolute atomic E-state index is 0.112. The van der Waals surface area contributed by atoms with Gasteiger partial charge in [0.25, 0.3) is 5.56 Å². The Balaban J connectivity index is 1.46. The first-order valence-electron chi connectivity index (χ1n) is 11.4.